The average Bonchev–Trinajstić information content (AvgIpc) is 2.81. The molecule has 0 fully saturated rings. The van der Waals surface area contributed by atoms with Gasteiger partial charge in [-0.25, -0.2) is 4.39 Å². The van der Waals surface area contributed by atoms with Crippen LogP contribution in [0.2, 0.25) is 0 Å². The van der Waals surface area contributed by atoms with Gasteiger partial charge in [-0.05, 0) is 18.2 Å². The molecule has 0 amide bonds. The largest absolute Gasteiger partial charge is 0.497 e. The molecule has 0 N–H and O–H groups in total. The van der Waals surface area contributed by atoms with Crippen LogP contribution in [0.3, 0.4) is 0 Å². The number of rotatable bonds is 3. The monoisotopic (exact) mass is 220 g/mol. The van der Waals surface area contributed by atoms with E-state index in [2.05, 4.69) is 0 Å². The predicted octanol–water partition coefficient (Wildman–Crippen LogP) is 2.66. The normalized spacial score (nSPS) is 10.1. The Bertz CT molecular complexity index is 503. The molecule has 0 bridgehead atoms. The average molecular weight is 220 g/mol. The Morgan fingerprint density at radius 3 is 2.75 bits per heavy atom. The van der Waals surface area contributed by atoms with Crippen molar-refractivity contribution >= 4 is 5.78 Å². The molecule has 0 saturated heterocycles. The van der Waals surface area contributed by atoms with Gasteiger partial charge in [-0.3, -0.25) is 4.79 Å². The third-order valence-electron chi connectivity index (χ3n) is 2.20. The Hall–Kier alpha value is -2.10. The number of hydrogen-bond acceptors (Lipinski definition) is 3. The highest BCUT2D eigenvalue weighted by Crippen LogP contribution is 2.19. The van der Waals surface area contributed by atoms with Crippen LogP contribution in [0.5, 0.6) is 5.75 Å². The summed E-state index contributed by atoms with van der Waals surface area (Å²) in [7, 11) is 1.44. The summed E-state index contributed by atoms with van der Waals surface area (Å²) < 4.78 is 23.2. The maximum Gasteiger partial charge on any atom is 0.199 e. The summed E-state index contributed by atoms with van der Waals surface area (Å²) in [4.78, 5) is 11.8. The van der Waals surface area contributed by atoms with Gasteiger partial charge < -0.3 is 9.15 Å². The predicted molar refractivity (Wildman–Crippen MR) is 55.1 cm³/mol. The lowest BCUT2D eigenvalue weighted by atomic mass is 10.1. The van der Waals surface area contributed by atoms with Gasteiger partial charge in [0.05, 0.1) is 24.5 Å². The van der Waals surface area contributed by atoms with Crippen molar-refractivity contribution in [2.45, 2.75) is 0 Å². The second-order valence-electron chi connectivity index (χ2n) is 3.19. The zero-order valence-electron chi connectivity index (χ0n) is 8.57. The van der Waals surface area contributed by atoms with Crippen molar-refractivity contribution in [3.8, 4) is 5.75 Å². The van der Waals surface area contributed by atoms with E-state index in [1.807, 2.05) is 0 Å². The van der Waals surface area contributed by atoms with Crippen LogP contribution in [0.25, 0.3) is 0 Å². The zero-order chi connectivity index (χ0) is 11.5. The molecule has 0 radical (unpaired) electrons. The third-order valence-corrected chi connectivity index (χ3v) is 2.20. The Balaban J connectivity index is 2.38. The standard InChI is InChI=1S/C12H9FO3/c1-15-9-2-3-10(11(13)6-9)12(14)8-4-5-16-7-8/h2-7H,1H3. The molecule has 0 atom stereocenters. The van der Waals surface area contributed by atoms with E-state index in [0.717, 1.165) is 0 Å². The molecule has 0 aliphatic carbocycles. The molecule has 0 unspecified atom stereocenters. The highest BCUT2D eigenvalue weighted by Gasteiger charge is 2.15. The van der Waals surface area contributed by atoms with Crippen LogP contribution >= 0.6 is 0 Å². The number of carbonyl (C=O) groups excluding carboxylic acids is 1. The molecule has 3 nitrogen and oxygen atoms in total. The molecule has 1 aromatic heterocycles. The third kappa shape index (κ3) is 1.82. The molecule has 1 heterocycles. The highest BCUT2D eigenvalue weighted by atomic mass is 19.1. The smallest absolute Gasteiger partial charge is 0.199 e. The van der Waals surface area contributed by atoms with Gasteiger partial charge in [-0.15, -0.1) is 0 Å². The summed E-state index contributed by atoms with van der Waals surface area (Å²) in [6.07, 6.45) is 2.65. The molecule has 2 aromatic rings. The van der Waals surface area contributed by atoms with Crippen LogP contribution in [0.1, 0.15) is 15.9 Å². The quantitative estimate of drug-likeness (QED) is 0.746. The Kier molecular flexibility index (Phi) is 2.72. The van der Waals surface area contributed by atoms with Crippen molar-refractivity contribution < 1.29 is 18.3 Å². The number of carbonyl (C=O) groups is 1. The lowest BCUT2D eigenvalue weighted by molar-refractivity contribution is 0.103. The van der Waals surface area contributed by atoms with Crippen molar-refractivity contribution in [3.05, 3.63) is 53.7 Å². The van der Waals surface area contributed by atoms with E-state index in [1.165, 1.54) is 43.9 Å². The van der Waals surface area contributed by atoms with E-state index in [9.17, 15) is 9.18 Å². The van der Waals surface area contributed by atoms with Gasteiger partial charge in [0, 0.05) is 6.07 Å². The summed E-state index contributed by atoms with van der Waals surface area (Å²) in [6, 6.07) is 5.60. The van der Waals surface area contributed by atoms with E-state index in [-0.39, 0.29) is 5.56 Å². The number of hydrogen-bond donors (Lipinski definition) is 0. The Labute approximate surface area is 91.5 Å². The number of ether oxygens (including phenoxy) is 1. The summed E-state index contributed by atoms with van der Waals surface area (Å²) in [5.41, 5.74) is 0.325. The van der Waals surface area contributed by atoms with Crippen molar-refractivity contribution in [1.29, 1.82) is 0 Å². The van der Waals surface area contributed by atoms with Crippen LogP contribution < -0.4 is 4.74 Å². The van der Waals surface area contributed by atoms with Crippen LogP contribution in [-0.4, -0.2) is 12.9 Å². The molecule has 0 aliphatic heterocycles. The summed E-state index contributed by atoms with van der Waals surface area (Å²) in [6.45, 7) is 0. The lowest BCUT2D eigenvalue weighted by Crippen LogP contribution is -2.03. The van der Waals surface area contributed by atoms with Crippen LogP contribution in [-0.2, 0) is 0 Å². The fraction of sp³-hybridized carbons (Fsp3) is 0.0833. The van der Waals surface area contributed by atoms with Crippen molar-refractivity contribution in [3.63, 3.8) is 0 Å². The van der Waals surface area contributed by atoms with Crippen molar-refractivity contribution in [1.82, 2.24) is 0 Å². The van der Waals surface area contributed by atoms with Gasteiger partial charge in [0.2, 0.25) is 0 Å². The molecule has 82 valence electrons. The van der Waals surface area contributed by atoms with E-state index < -0.39 is 11.6 Å². The van der Waals surface area contributed by atoms with Crippen LogP contribution in [0.15, 0.2) is 41.2 Å². The van der Waals surface area contributed by atoms with Gasteiger partial charge in [0.15, 0.2) is 5.78 Å². The summed E-state index contributed by atoms with van der Waals surface area (Å²) in [5.74, 6) is -0.638. The maximum atomic E-state index is 13.5. The van der Waals surface area contributed by atoms with Gasteiger partial charge in [0.25, 0.3) is 0 Å². The zero-order valence-corrected chi connectivity index (χ0v) is 8.57. The Morgan fingerprint density at radius 2 is 2.19 bits per heavy atom. The second-order valence-corrected chi connectivity index (χ2v) is 3.19. The van der Waals surface area contributed by atoms with E-state index >= 15 is 0 Å². The summed E-state index contributed by atoms with van der Waals surface area (Å²) >= 11 is 0. The first-order chi connectivity index (χ1) is 7.72. The van der Waals surface area contributed by atoms with Crippen LogP contribution in [0.4, 0.5) is 4.39 Å². The topological polar surface area (TPSA) is 39.4 Å². The molecular weight excluding hydrogens is 211 g/mol. The number of benzene rings is 1. The number of ketones is 1. The molecule has 0 spiro atoms. The first-order valence-electron chi connectivity index (χ1n) is 4.63. The van der Waals surface area contributed by atoms with Gasteiger partial charge in [-0.2, -0.15) is 0 Å². The lowest BCUT2D eigenvalue weighted by Gasteiger charge is -2.03. The van der Waals surface area contributed by atoms with Crippen LogP contribution in [0, 0.1) is 5.82 Å². The molecule has 2 rings (SSSR count). The highest BCUT2D eigenvalue weighted by molar-refractivity contribution is 6.08. The minimum Gasteiger partial charge on any atom is -0.497 e. The fourth-order valence-corrected chi connectivity index (χ4v) is 1.36. The minimum absolute atomic E-state index is 0.00204. The minimum atomic E-state index is -0.606. The van der Waals surface area contributed by atoms with Crippen molar-refractivity contribution in [2.24, 2.45) is 0 Å². The van der Waals surface area contributed by atoms with E-state index in [4.69, 9.17) is 9.15 Å². The van der Waals surface area contributed by atoms with Crippen molar-refractivity contribution in [2.75, 3.05) is 7.11 Å². The number of furan rings is 1. The van der Waals surface area contributed by atoms with E-state index in [0.29, 0.717) is 11.3 Å². The van der Waals surface area contributed by atoms with E-state index in [1.54, 1.807) is 0 Å². The molecule has 0 saturated carbocycles. The van der Waals surface area contributed by atoms with Gasteiger partial charge in [-0.1, -0.05) is 0 Å². The first kappa shape index (κ1) is 10.4. The second kappa shape index (κ2) is 4.18. The van der Waals surface area contributed by atoms with Gasteiger partial charge in [0.1, 0.15) is 17.8 Å². The van der Waals surface area contributed by atoms with Gasteiger partial charge >= 0.3 is 0 Å². The fourth-order valence-electron chi connectivity index (χ4n) is 1.36. The molecule has 1 aromatic carbocycles. The SMILES string of the molecule is COc1ccc(C(=O)c2ccoc2)c(F)c1. The first-order valence-corrected chi connectivity index (χ1v) is 4.63. The summed E-state index contributed by atoms with van der Waals surface area (Å²) in [5, 5.41) is 0. The molecule has 0 aliphatic rings. The maximum absolute atomic E-state index is 13.5. The Morgan fingerprint density at radius 1 is 1.38 bits per heavy atom. The molecule has 4 heteroatoms. The number of methoxy groups -OCH3 is 1. The molecular formula is C12H9FO3. The molecule has 16 heavy (non-hydrogen) atoms. The number of halogens is 1.